The summed E-state index contributed by atoms with van der Waals surface area (Å²) in [7, 11) is 0. The zero-order valence-electron chi connectivity index (χ0n) is 19.6. The second kappa shape index (κ2) is 14.8. The molecule has 0 aliphatic heterocycles. The van der Waals surface area contributed by atoms with E-state index in [0.29, 0.717) is 5.69 Å². The average molecular weight is 527 g/mol. The van der Waals surface area contributed by atoms with Crippen molar-refractivity contribution in [3.05, 3.63) is 18.2 Å². The number of amides is 5. The average Bonchev–Trinajstić information content (AvgIpc) is 3.30. The largest absolute Gasteiger partial charge is 0.481 e. The number of aromatic amines is 1. The molecule has 37 heavy (non-hydrogen) atoms. The van der Waals surface area contributed by atoms with Gasteiger partial charge in [-0.3, -0.25) is 28.8 Å². The van der Waals surface area contributed by atoms with E-state index in [9.17, 15) is 38.7 Å². The lowest BCUT2D eigenvalue weighted by Gasteiger charge is -2.24. The Kier molecular flexibility index (Phi) is 12.2. The highest BCUT2D eigenvalue weighted by Gasteiger charge is 2.31. The topological polar surface area (TPSA) is 303 Å². The summed E-state index contributed by atoms with van der Waals surface area (Å²) < 4.78 is 0. The van der Waals surface area contributed by atoms with Crippen molar-refractivity contribution in [1.29, 1.82) is 0 Å². The molecule has 1 heterocycles. The first kappa shape index (κ1) is 30.5. The molecule has 4 unspecified atom stereocenters. The van der Waals surface area contributed by atoms with Gasteiger partial charge in [0.05, 0.1) is 18.8 Å². The molecule has 17 heteroatoms. The van der Waals surface area contributed by atoms with Gasteiger partial charge < -0.3 is 48.3 Å². The molecule has 0 aliphatic carbocycles. The minimum atomic E-state index is -1.72. The number of nitrogens with zero attached hydrogens (tertiary/aromatic N) is 1. The molecule has 0 radical (unpaired) electrons. The second-order valence-corrected chi connectivity index (χ2v) is 8.02. The van der Waals surface area contributed by atoms with E-state index in [0.717, 1.165) is 0 Å². The molecule has 1 rings (SSSR count). The number of H-pyrrole nitrogens is 1. The molecule has 1 aromatic heterocycles. The van der Waals surface area contributed by atoms with Crippen LogP contribution < -0.4 is 33.2 Å². The second-order valence-electron chi connectivity index (χ2n) is 8.02. The summed E-state index contributed by atoms with van der Waals surface area (Å²) in [6.45, 7) is 0. The van der Waals surface area contributed by atoms with Gasteiger partial charge in [-0.05, 0) is 12.8 Å². The number of carboxylic acid groups (broad SMARTS) is 2. The molecule has 0 fully saturated rings. The minimum Gasteiger partial charge on any atom is -0.481 e. The number of aliphatic carboxylic acids is 2. The van der Waals surface area contributed by atoms with Gasteiger partial charge in [0.15, 0.2) is 0 Å². The number of imidazole rings is 1. The van der Waals surface area contributed by atoms with E-state index in [1.807, 2.05) is 5.32 Å². The number of nitrogens with one attached hydrogen (secondary N) is 4. The van der Waals surface area contributed by atoms with Crippen molar-refractivity contribution in [2.45, 2.75) is 62.7 Å². The van der Waals surface area contributed by atoms with Crippen LogP contribution in [0.5, 0.6) is 0 Å². The number of primary amides is 2. The van der Waals surface area contributed by atoms with Crippen LogP contribution in [0.4, 0.5) is 0 Å². The smallest absolute Gasteiger partial charge is 0.326 e. The Balaban J connectivity index is 3.02. The first-order chi connectivity index (χ1) is 17.3. The highest BCUT2D eigenvalue weighted by atomic mass is 16.4. The van der Waals surface area contributed by atoms with E-state index in [-0.39, 0.29) is 19.3 Å². The zero-order chi connectivity index (χ0) is 28.1. The molecule has 12 N–H and O–H groups in total. The molecular weight excluding hydrogens is 496 g/mol. The van der Waals surface area contributed by atoms with Crippen LogP contribution in [-0.4, -0.2) is 85.8 Å². The van der Waals surface area contributed by atoms with Crippen molar-refractivity contribution in [2.75, 3.05) is 0 Å². The summed E-state index contributed by atoms with van der Waals surface area (Å²) in [5.74, 6) is -7.59. The summed E-state index contributed by atoms with van der Waals surface area (Å²) in [6, 6.07) is -5.85. The SMILES string of the molecule is NC(=O)CCC(NC(=O)C(CCC(=O)O)NC(=O)C(N)Cc1cnc[nH]1)C(=O)NC(CC(N)=O)C(=O)O. The lowest BCUT2D eigenvalue weighted by molar-refractivity contribution is -0.144. The lowest BCUT2D eigenvalue weighted by Crippen LogP contribution is -2.57. The zero-order valence-corrected chi connectivity index (χ0v) is 19.6. The molecule has 0 spiro atoms. The fourth-order valence-electron chi connectivity index (χ4n) is 3.04. The Morgan fingerprint density at radius 3 is 1.84 bits per heavy atom. The van der Waals surface area contributed by atoms with Crippen LogP contribution in [0, 0.1) is 0 Å². The molecule has 0 aliphatic rings. The molecule has 4 atom stereocenters. The number of aromatic nitrogens is 2. The van der Waals surface area contributed by atoms with E-state index in [2.05, 4.69) is 20.6 Å². The van der Waals surface area contributed by atoms with Gasteiger partial charge in [0, 0.05) is 31.2 Å². The summed E-state index contributed by atoms with van der Waals surface area (Å²) in [5.41, 5.74) is 16.5. The maximum Gasteiger partial charge on any atom is 0.326 e. The van der Waals surface area contributed by atoms with E-state index >= 15 is 0 Å². The van der Waals surface area contributed by atoms with Crippen LogP contribution in [0.1, 0.15) is 37.8 Å². The molecule has 17 nitrogen and oxygen atoms in total. The predicted molar refractivity (Wildman–Crippen MR) is 123 cm³/mol. The van der Waals surface area contributed by atoms with Gasteiger partial charge in [-0.2, -0.15) is 0 Å². The summed E-state index contributed by atoms with van der Waals surface area (Å²) in [4.78, 5) is 89.4. The van der Waals surface area contributed by atoms with Crippen molar-refractivity contribution in [3.63, 3.8) is 0 Å². The van der Waals surface area contributed by atoms with Crippen molar-refractivity contribution in [1.82, 2.24) is 25.9 Å². The highest BCUT2D eigenvalue weighted by molar-refractivity contribution is 5.95. The van der Waals surface area contributed by atoms with Crippen molar-refractivity contribution < 1.29 is 43.8 Å². The molecular formula is C20H30N8O9. The fourth-order valence-corrected chi connectivity index (χ4v) is 3.04. The Hall–Kier alpha value is -4.54. The quantitative estimate of drug-likeness (QED) is 0.0937. The normalized spacial score (nSPS) is 13.9. The predicted octanol–water partition coefficient (Wildman–Crippen LogP) is -4.18. The number of carboxylic acids is 2. The van der Waals surface area contributed by atoms with Crippen molar-refractivity contribution >= 4 is 41.5 Å². The maximum atomic E-state index is 12.9. The number of nitrogens with two attached hydrogens (primary N) is 3. The molecule has 0 aromatic carbocycles. The monoisotopic (exact) mass is 526 g/mol. The van der Waals surface area contributed by atoms with Crippen LogP contribution in [0.2, 0.25) is 0 Å². The third-order valence-corrected chi connectivity index (χ3v) is 4.94. The van der Waals surface area contributed by atoms with E-state index in [1.54, 1.807) is 0 Å². The highest BCUT2D eigenvalue weighted by Crippen LogP contribution is 2.05. The lowest BCUT2D eigenvalue weighted by atomic mass is 10.1. The molecule has 0 bridgehead atoms. The number of carbonyl (C=O) groups is 7. The van der Waals surface area contributed by atoms with Crippen molar-refractivity contribution in [3.8, 4) is 0 Å². The number of carbonyl (C=O) groups excluding carboxylic acids is 5. The van der Waals surface area contributed by atoms with Gasteiger partial charge in [0.2, 0.25) is 29.5 Å². The van der Waals surface area contributed by atoms with Crippen LogP contribution in [0.25, 0.3) is 0 Å². The number of hydrogen-bond acceptors (Lipinski definition) is 9. The summed E-state index contributed by atoms with van der Waals surface area (Å²) in [6.07, 6.45) is 0.411. The van der Waals surface area contributed by atoms with Gasteiger partial charge in [0.1, 0.15) is 18.1 Å². The van der Waals surface area contributed by atoms with Crippen LogP contribution >= 0.6 is 0 Å². The van der Waals surface area contributed by atoms with Gasteiger partial charge in [0.25, 0.3) is 0 Å². The summed E-state index contributed by atoms with van der Waals surface area (Å²) >= 11 is 0. The number of rotatable bonds is 17. The van der Waals surface area contributed by atoms with E-state index < -0.39 is 84.9 Å². The van der Waals surface area contributed by atoms with Gasteiger partial charge in [-0.1, -0.05) is 0 Å². The Bertz CT molecular complexity index is 998. The molecule has 0 saturated heterocycles. The maximum absolute atomic E-state index is 12.9. The fraction of sp³-hybridized carbons (Fsp3) is 0.500. The van der Waals surface area contributed by atoms with Crippen molar-refractivity contribution in [2.24, 2.45) is 17.2 Å². The van der Waals surface area contributed by atoms with Crippen LogP contribution in [0.3, 0.4) is 0 Å². The first-order valence-corrected chi connectivity index (χ1v) is 10.9. The third kappa shape index (κ3) is 11.6. The molecule has 0 saturated carbocycles. The van der Waals surface area contributed by atoms with Crippen LogP contribution in [0.15, 0.2) is 12.5 Å². The Labute approximate surface area is 209 Å². The van der Waals surface area contributed by atoms with E-state index in [4.69, 9.17) is 22.3 Å². The third-order valence-electron chi connectivity index (χ3n) is 4.94. The van der Waals surface area contributed by atoms with Gasteiger partial charge in [-0.25, -0.2) is 9.78 Å². The minimum absolute atomic E-state index is 0.0270. The van der Waals surface area contributed by atoms with E-state index in [1.165, 1.54) is 12.5 Å². The van der Waals surface area contributed by atoms with Gasteiger partial charge >= 0.3 is 11.9 Å². The van der Waals surface area contributed by atoms with Crippen LogP contribution in [-0.2, 0) is 40.0 Å². The Morgan fingerprint density at radius 1 is 0.838 bits per heavy atom. The first-order valence-electron chi connectivity index (χ1n) is 10.9. The summed E-state index contributed by atoms with van der Waals surface area (Å²) in [5, 5.41) is 24.8. The molecule has 204 valence electrons. The molecule has 5 amide bonds. The standard InChI is InChI=1S/C20H30N8O9/c21-10(5-9-7-24-8-25-9)17(33)26-12(2-4-16(31)32)18(34)27-11(1-3-14(22)29)19(35)28-13(20(36)37)6-15(23)30/h7-8,10-13H,1-6,21H2,(H2,22,29)(H2,23,30)(H,24,25)(H,26,33)(H,27,34)(H,28,35)(H,31,32)(H,36,37). The Morgan fingerprint density at radius 2 is 1.38 bits per heavy atom. The van der Waals surface area contributed by atoms with Gasteiger partial charge in [-0.15, -0.1) is 0 Å². The number of hydrogen-bond donors (Lipinski definition) is 9. The molecule has 1 aromatic rings.